The molecule has 0 saturated carbocycles. The zero-order chi connectivity index (χ0) is 20.5. The maximum atomic E-state index is 12.1. The van der Waals surface area contributed by atoms with Gasteiger partial charge < -0.3 is 19.7 Å². The zero-order valence-electron chi connectivity index (χ0n) is 15.5. The van der Waals surface area contributed by atoms with Crippen LogP contribution in [0.1, 0.15) is 27.9 Å². The Balaban J connectivity index is 2.20. The monoisotopic (exact) mass is 404 g/mol. The summed E-state index contributed by atoms with van der Waals surface area (Å²) in [6, 6.07) is 7.65. The lowest BCUT2D eigenvalue weighted by molar-refractivity contribution is 0.0955. The number of nitrogens with one attached hydrogen (secondary N) is 1. The molecule has 8 heteroatoms. The molecule has 0 unspecified atom stereocenters. The molecule has 0 atom stereocenters. The van der Waals surface area contributed by atoms with Crippen molar-refractivity contribution < 1.29 is 24.5 Å². The largest absolute Gasteiger partial charge is 0.506 e. The van der Waals surface area contributed by atoms with Gasteiger partial charge in [-0.1, -0.05) is 23.8 Å². The molecule has 2 rings (SSSR count). The fourth-order valence-corrected chi connectivity index (χ4v) is 2.56. The van der Waals surface area contributed by atoms with Crippen molar-refractivity contribution in [3.63, 3.8) is 0 Å². The summed E-state index contributed by atoms with van der Waals surface area (Å²) in [5, 5.41) is 22.4. The molecule has 2 aromatic carbocycles. The van der Waals surface area contributed by atoms with Crippen LogP contribution in [-0.2, 0) is 0 Å². The summed E-state index contributed by atoms with van der Waals surface area (Å²) in [6.45, 7) is 0.0460. The number of halogens is 1. The predicted molar refractivity (Wildman–Crippen MR) is 108 cm³/mol. The van der Waals surface area contributed by atoms with Crippen LogP contribution in [-0.4, -0.2) is 43.2 Å². The first-order chi connectivity index (χ1) is 13.5. The number of methoxy groups -OCH3 is 2. The van der Waals surface area contributed by atoms with Crippen molar-refractivity contribution in [3.05, 3.63) is 58.1 Å². The minimum Gasteiger partial charge on any atom is -0.506 e. The number of nitrogens with zero attached hydrogens (tertiary/aromatic N) is 1. The van der Waals surface area contributed by atoms with Crippen LogP contribution in [0.5, 0.6) is 17.2 Å². The minimum absolute atomic E-state index is 0.0460. The molecular weight excluding hydrogens is 384 g/mol. The number of phenolic OH excluding ortho intramolecular Hbond substituents is 1. The second-order valence-electron chi connectivity index (χ2n) is 5.63. The third kappa shape index (κ3) is 5.48. The lowest BCUT2D eigenvalue weighted by atomic mass is 10.1. The van der Waals surface area contributed by atoms with Gasteiger partial charge in [0.2, 0.25) is 0 Å². The van der Waals surface area contributed by atoms with Crippen molar-refractivity contribution in [2.45, 2.75) is 6.42 Å². The Morgan fingerprint density at radius 3 is 2.68 bits per heavy atom. The number of aromatic hydroxyl groups is 1. The van der Waals surface area contributed by atoms with Gasteiger partial charge in [0.25, 0.3) is 5.91 Å². The van der Waals surface area contributed by atoms with Gasteiger partial charge in [-0.3, -0.25) is 4.79 Å². The molecule has 0 bridgehead atoms. The first kappa shape index (κ1) is 21.3. The summed E-state index contributed by atoms with van der Waals surface area (Å²) in [5.74, 6) is 0.485. The molecule has 0 aromatic heterocycles. The molecule has 1 amide bonds. The average molecular weight is 405 g/mol. The Bertz CT molecular complexity index is 896. The molecule has 0 aliphatic carbocycles. The number of carbonyl (C=O) groups excluding carboxylic acids is 1. The van der Waals surface area contributed by atoms with Gasteiger partial charge in [-0.05, 0) is 42.3 Å². The molecule has 3 N–H and O–H groups in total. The third-order valence-electron chi connectivity index (χ3n) is 3.71. The van der Waals surface area contributed by atoms with E-state index in [1.165, 1.54) is 38.6 Å². The van der Waals surface area contributed by atoms with Crippen LogP contribution in [0.3, 0.4) is 0 Å². The van der Waals surface area contributed by atoms with Crippen molar-refractivity contribution in [1.82, 2.24) is 5.43 Å². The zero-order valence-corrected chi connectivity index (χ0v) is 16.2. The molecule has 28 heavy (non-hydrogen) atoms. The molecule has 0 spiro atoms. The summed E-state index contributed by atoms with van der Waals surface area (Å²) < 4.78 is 10.7. The SMILES string of the molecule is COc1cc(C=NNC(=O)c2ccc(O)c(Cl)c2)cc(C=CCCO)c1OC. The Morgan fingerprint density at radius 2 is 2.04 bits per heavy atom. The van der Waals surface area contributed by atoms with E-state index in [-0.39, 0.29) is 22.9 Å². The van der Waals surface area contributed by atoms with E-state index >= 15 is 0 Å². The first-order valence-electron chi connectivity index (χ1n) is 8.35. The van der Waals surface area contributed by atoms with Crippen LogP contribution < -0.4 is 14.9 Å². The van der Waals surface area contributed by atoms with Gasteiger partial charge in [-0.15, -0.1) is 0 Å². The highest BCUT2D eigenvalue weighted by atomic mass is 35.5. The topological polar surface area (TPSA) is 100 Å². The fourth-order valence-electron chi connectivity index (χ4n) is 2.38. The Hall–Kier alpha value is -3.03. The smallest absolute Gasteiger partial charge is 0.271 e. The van der Waals surface area contributed by atoms with Crippen molar-refractivity contribution in [1.29, 1.82) is 0 Å². The van der Waals surface area contributed by atoms with Gasteiger partial charge in [-0.25, -0.2) is 5.43 Å². The molecule has 0 fully saturated rings. The van der Waals surface area contributed by atoms with Crippen LogP contribution in [0.2, 0.25) is 5.02 Å². The third-order valence-corrected chi connectivity index (χ3v) is 4.02. The summed E-state index contributed by atoms with van der Waals surface area (Å²) in [5.41, 5.74) is 4.08. The molecule has 0 aliphatic rings. The van der Waals surface area contributed by atoms with E-state index in [0.29, 0.717) is 23.5 Å². The van der Waals surface area contributed by atoms with Crippen molar-refractivity contribution in [2.75, 3.05) is 20.8 Å². The molecule has 7 nitrogen and oxygen atoms in total. The molecule has 0 saturated heterocycles. The maximum Gasteiger partial charge on any atom is 0.271 e. The molecule has 0 aliphatic heterocycles. The molecule has 148 valence electrons. The van der Waals surface area contributed by atoms with Gasteiger partial charge in [-0.2, -0.15) is 5.10 Å². The summed E-state index contributed by atoms with van der Waals surface area (Å²) >= 11 is 5.80. The molecule has 0 heterocycles. The number of benzene rings is 2. The Labute approximate surface area is 167 Å². The predicted octanol–water partition coefficient (Wildman–Crippen LogP) is 3.22. The van der Waals surface area contributed by atoms with Gasteiger partial charge in [0.15, 0.2) is 11.5 Å². The molecule has 2 aromatic rings. The summed E-state index contributed by atoms with van der Waals surface area (Å²) in [7, 11) is 3.06. The number of aliphatic hydroxyl groups excluding tert-OH is 1. The number of phenols is 1. The minimum atomic E-state index is -0.471. The van der Waals surface area contributed by atoms with Crippen molar-refractivity contribution >= 4 is 29.8 Å². The van der Waals surface area contributed by atoms with E-state index in [0.717, 1.165) is 5.56 Å². The average Bonchev–Trinajstić information content (AvgIpc) is 2.69. The van der Waals surface area contributed by atoms with E-state index in [1.54, 1.807) is 6.07 Å². The fraction of sp³-hybridized carbons (Fsp3) is 0.200. The van der Waals surface area contributed by atoms with Gasteiger partial charge in [0.05, 0.1) is 25.5 Å². The second kappa shape index (κ2) is 10.3. The number of hydrogen-bond acceptors (Lipinski definition) is 6. The van der Waals surface area contributed by atoms with E-state index < -0.39 is 5.91 Å². The van der Waals surface area contributed by atoms with E-state index in [2.05, 4.69) is 10.5 Å². The Morgan fingerprint density at radius 1 is 1.25 bits per heavy atom. The van der Waals surface area contributed by atoms with Crippen molar-refractivity contribution in [3.8, 4) is 17.2 Å². The number of hydrogen-bond donors (Lipinski definition) is 3. The summed E-state index contributed by atoms with van der Waals surface area (Å²) in [4.78, 5) is 12.1. The van der Waals surface area contributed by atoms with Crippen LogP contribution >= 0.6 is 11.6 Å². The molecular formula is C20H21ClN2O5. The highest BCUT2D eigenvalue weighted by Gasteiger charge is 2.11. The van der Waals surface area contributed by atoms with E-state index in [1.807, 2.05) is 18.2 Å². The molecule has 0 radical (unpaired) electrons. The normalized spacial score (nSPS) is 11.1. The number of carbonyl (C=O) groups is 1. The van der Waals surface area contributed by atoms with E-state index in [9.17, 15) is 9.90 Å². The van der Waals surface area contributed by atoms with E-state index in [4.69, 9.17) is 26.2 Å². The standard InChI is InChI=1S/C20H21ClN2O5/c1-27-18-10-13(9-14(19(18)28-2)5-3-4-8-24)12-22-23-20(26)15-6-7-17(25)16(21)11-15/h3,5-7,9-12,24-25H,4,8H2,1-2H3,(H,23,26). The maximum absolute atomic E-state index is 12.1. The highest BCUT2D eigenvalue weighted by Crippen LogP contribution is 2.33. The van der Waals surface area contributed by atoms with Crippen LogP contribution in [0, 0.1) is 0 Å². The first-order valence-corrected chi connectivity index (χ1v) is 8.73. The van der Waals surface area contributed by atoms with Gasteiger partial charge >= 0.3 is 0 Å². The number of hydrazone groups is 1. The second-order valence-corrected chi connectivity index (χ2v) is 6.03. The number of amides is 1. The number of rotatable bonds is 8. The quantitative estimate of drug-likeness (QED) is 0.463. The van der Waals surface area contributed by atoms with Crippen LogP contribution in [0.4, 0.5) is 0 Å². The van der Waals surface area contributed by atoms with Crippen LogP contribution in [0.25, 0.3) is 6.08 Å². The Kier molecular flexibility index (Phi) is 7.86. The van der Waals surface area contributed by atoms with Crippen molar-refractivity contribution in [2.24, 2.45) is 5.10 Å². The summed E-state index contributed by atoms with van der Waals surface area (Å²) in [6.07, 6.45) is 5.60. The number of aliphatic hydroxyl groups is 1. The lowest BCUT2D eigenvalue weighted by Crippen LogP contribution is -2.17. The van der Waals surface area contributed by atoms with Crippen LogP contribution in [0.15, 0.2) is 41.5 Å². The van der Waals surface area contributed by atoms with Gasteiger partial charge in [0.1, 0.15) is 5.75 Å². The number of ether oxygens (including phenoxy) is 2. The lowest BCUT2D eigenvalue weighted by Gasteiger charge is -2.12. The van der Waals surface area contributed by atoms with Gasteiger partial charge in [0, 0.05) is 17.7 Å². The highest BCUT2D eigenvalue weighted by molar-refractivity contribution is 6.32.